The summed E-state index contributed by atoms with van der Waals surface area (Å²) in [5, 5.41) is 3.35. The van der Waals surface area contributed by atoms with Gasteiger partial charge in [-0.15, -0.1) is 0 Å². The van der Waals surface area contributed by atoms with E-state index in [2.05, 4.69) is 18.3 Å². The summed E-state index contributed by atoms with van der Waals surface area (Å²) in [6.45, 7) is 7.96. The van der Waals surface area contributed by atoms with E-state index in [1.54, 1.807) is 0 Å². The second kappa shape index (κ2) is 7.29. The second-order valence-corrected chi connectivity index (χ2v) is 5.21. The van der Waals surface area contributed by atoms with Crippen LogP contribution in [0.4, 0.5) is 5.69 Å². The molecular weight excluding hydrogens is 252 g/mol. The smallest absolute Gasteiger partial charge is 0.254 e. The number of carbonyl (C=O) groups excluding carboxylic acids is 1. The van der Waals surface area contributed by atoms with E-state index in [1.807, 2.05) is 24.0 Å². The number of anilines is 1. The Morgan fingerprint density at radius 3 is 2.95 bits per heavy atom. The Hall–Kier alpha value is -1.55. The molecule has 1 amide bonds. The quantitative estimate of drug-likeness (QED) is 0.919. The highest BCUT2D eigenvalue weighted by Crippen LogP contribution is 2.17. The van der Waals surface area contributed by atoms with Crippen molar-refractivity contribution >= 4 is 11.6 Å². The van der Waals surface area contributed by atoms with Gasteiger partial charge < -0.3 is 15.0 Å². The van der Waals surface area contributed by atoms with Crippen LogP contribution in [0.5, 0.6) is 0 Å². The predicted molar refractivity (Wildman–Crippen MR) is 81.3 cm³/mol. The molecule has 1 aromatic carbocycles. The Morgan fingerprint density at radius 2 is 2.20 bits per heavy atom. The maximum absolute atomic E-state index is 12.5. The lowest BCUT2D eigenvalue weighted by atomic mass is 10.1. The Labute approximate surface area is 121 Å². The van der Waals surface area contributed by atoms with Crippen molar-refractivity contribution in [1.29, 1.82) is 0 Å². The van der Waals surface area contributed by atoms with Gasteiger partial charge in [0.05, 0.1) is 6.61 Å². The summed E-state index contributed by atoms with van der Waals surface area (Å²) >= 11 is 0. The average molecular weight is 276 g/mol. The van der Waals surface area contributed by atoms with Crippen LogP contribution in [0.3, 0.4) is 0 Å². The molecular formula is C16H24N2O2. The van der Waals surface area contributed by atoms with Crippen molar-refractivity contribution in [2.24, 2.45) is 0 Å². The fraction of sp³-hybridized carbons (Fsp3) is 0.562. The zero-order valence-electron chi connectivity index (χ0n) is 12.4. The molecule has 0 unspecified atom stereocenters. The molecule has 1 aliphatic rings. The van der Waals surface area contributed by atoms with E-state index < -0.39 is 0 Å². The van der Waals surface area contributed by atoms with Crippen molar-refractivity contribution in [2.45, 2.75) is 26.7 Å². The number of carbonyl (C=O) groups is 1. The zero-order valence-corrected chi connectivity index (χ0v) is 12.4. The van der Waals surface area contributed by atoms with Gasteiger partial charge in [-0.1, -0.05) is 6.92 Å². The molecule has 1 fully saturated rings. The monoisotopic (exact) mass is 276 g/mol. The fourth-order valence-corrected chi connectivity index (χ4v) is 2.40. The van der Waals surface area contributed by atoms with Crippen LogP contribution in [0.1, 0.15) is 35.7 Å². The van der Waals surface area contributed by atoms with Gasteiger partial charge >= 0.3 is 0 Å². The first-order valence-corrected chi connectivity index (χ1v) is 7.44. The second-order valence-electron chi connectivity index (χ2n) is 5.21. The molecule has 0 bridgehead atoms. The normalized spacial score (nSPS) is 15.8. The van der Waals surface area contributed by atoms with Crippen LogP contribution >= 0.6 is 0 Å². The van der Waals surface area contributed by atoms with Gasteiger partial charge in [-0.25, -0.2) is 0 Å². The van der Waals surface area contributed by atoms with Crippen LogP contribution in [-0.4, -0.2) is 43.7 Å². The highest BCUT2D eigenvalue weighted by atomic mass is 16.5. The number of hydrogen-bond donors (Lipinski definition) is 1. The maximum Gasteiger partial charge on any atom is 0.254 e. The van der Waals surface area contributed by atoms with Crippen LogP contribution in [0.15, 0.2) is 18.2 Å². The summed E-state index contributed by atoms with van der Waals surface area (Å²) in [4.78, 5) is 14.4. The molecule has 20 heavy (non-hydrogen) atoms. The minimum atomic E-state index is 0.120. The lowest BCUT2D eigenvalue weighted by Crippen LogP contribution is -2.33. The van der Waals surface area contributed by atoms with Gasteiger partial charge in [-0.2, -0.15) is 0 Å². The van der Waals surface area contributed by atoms with Gasteiger partial charge in [0.2, 0.25) is 0 Å². The molecule has 0 radical (unpaired) electrons. The minimum Gasteiger partial charge on any atom is -0.385 e. The molecule has 1 heterocycles. The minimum absolute atomic E-state index is 0.120. The Balaban J connectivity index is 2.09. The van der Waals surface area contributed by atoms with Crippen molar-refractivity contribution in [3.63, 3.8) is 0 Å². The van der Waals surface area contributed by atoms with Crippen LogP contribution in [0, 0.1) is 6.92 Å². The maximum atomic E-state index is 12.5. The molecule has 0 aliphatic carbocycles. The summed E-state index contributed by atoms with van der Waals surface area (Å²) < 4.78 is 5.40. The third-order valence-corrected chi connectivity index (χ3v) is 3.55. The molecule has 2 rings (SSSR count). The van der Waals surface area contributed by atoms with E-state index in [1.165, 1.54) is 0 Å². The molecule has 1 saturated heterocycles. The lowest BCUT2D eigenvalue weighted by Gasteiger charge is -2.21. The Morgan fingerprint density at radius 1 is 1.35 bits per heavy atom. The van der Waals surface area contributed by atoms with Gasteiger partial charge in [0.1, 0.15) is 0 Å². The third-order valence-electron chi connectivity index (χ3n) is 3.55. The molecule has 110 valence electrons. The first-order chi connectivity index (χ1) is 9.72. The van der Waals surface area contributed by atoms with Crippen molar-refractivity contribution < 1.29 is 9.53 Å². The summed E-state index contributed by atoms with van der Waals surface area (Å²) in [6, 6.07) is 5.98. The standard InChI is InChI=1S/C16H24N2O2/c1-3-7-17-14-5-6-15(13(2)12-14)16(19)18-8-4-10-20-11-9-18/h5-6,12,17H,3-4,7-11H2,1-2H3. The molecule has 4 nitrogen and oxygen atoms in total. The van der Waals surface area contributed by atoms with Crippen LogP contribution < -0.4 is 5.32 Å². The zero-order chi connectivity index (χ0) is 14.4. The number of amides is 1. The van der Waals surface area contributed by atoms with Gasteiger partial charge in [0.25, 0.3) is 5.91 Å². The Bertz CT molecular complexity index is 452. The van der Waals surface area contributed by atoms with Gasteiger partial charge in [-0.3, -0.25) is 4.79 Å². The largest absolute Gasteiger partial charge is 0.385 e. The van der Waals surface area contributed by atoms with Gasteiger partial charge in [0, 0.05) is 37.5 Å². The summed E-state index contributed by atoms with van der Waals surface area (Å²) in [5.74, 6) is 0.120. The number of hydrogen-bond acceptors (Lipinski definition) is 3. The molecule has 1 aliphatic heterocycles. The number of rotatable bonds is 4. The number of benzene rings is 1. The number of nitrogens with one attached hydrogen (secondary N) is 1. The summed E-state index contributed by atoms with van der Waals surface area (Å²) in [6.07, 6.45) is 2.01. The van der Waals surface area contributed by atoms with Crippen LogP contribution in [0.25, 0.3) is 0 Å². The van der Waals surface area contributed by atoms with Crippen molar-refractivity contribution in [2.75, 3.05) is 38.2 Å². The average Bonchev–Trinajstić information content (AvgIpc) is 2.73. The first kappa shape index (κ1) is 14.9. The predicted octanol–water partition coefficient (Wildman–Crippen LogP) is 2.68. The van der Waals surface area contributed by atoms with E-state index in [-0.39, 0.29) is 5.91 Å². The molecule has 4 heteroatoms. The molecule has 1 N–H and O–H groups in total. The van der Waals surface area contributed by atoms with Crippen molar-refractivity contribution in [1.82, 2.24) is 4.90 Å². The highest BCUT2D eigenvalue weighted by molar-refractivity contribution is 5.96. The number of aryl methyl sites for hydroxylation is 1. The molecule has 0 aromatic heterocycles. The van der Waals surface area contributed by atoms with E-state index >= 15 is 0 Å². The topological polar surface area (TPSA) is 41.6 Å². The van der Waals surface area contributed by atoms with E-state index in [0.717, 1.165) is 49.4 Å². The van der Waals surface area contributed by atoms with E-state index in [9.17, 15) is 4.79 Å². The molecule has 0 spiro atoms. The van der Waals surface area contributed by atoms with Crippen LogP contribution in [-0.2, 0) is 4.74 Å². The highest BCUT2D eigenvalue weighted by Gasteiger charge is 2.19. The van der Waals surface area contributed by atoms with Crippen molar-refractivity contribution in [3.05, 3.63) is 29.3 Å². The van der Waals surface area contributed by atoms with Gasteiger partial charge in [0.15, 0.2) is 0 Å². The number of ether oxygens (including phenoxy) is 1. The Kier molecular flexibility index (Phi) is 5.41. The molecule has 1 aromatic rings. The van der Waals surface area contributed by atoms with E-state index in [0.29, 0.717) is 13.2 Å². The van der Waals surface area contributed by atoms with Crippen molar-refractivity contribution in [3.8, 4) is 0 Å². The number of nitrogens with zero attached hydrogens (tertiary/aromatic N) is 1. The SMILES string of the molecule is CCCNc1ccc(C(=O)N2CCCOCC2)c(C)c1. The van der Waals surface area contributed by atoms with E-state index in [4.69, 9.17) is 4.74 Å². The third kappa shape index (κ3) is 3.73. The summed E-state index contributed by atoms with van der Waals surface area (Å²) in [5.41, 5.74) is 2.91. The summed E-state index contributed by atoms with van der Waals surface area (Å²) in [7, 11) is 0. The molecule has 0 atom stereocenters. The first-order valence-electron chi connectivity index (χ1n) is 7.44. The van der Waals surface area contributed by atoms with Gasteiger partial charge in [-0.05, 0) is 43.5 Å². The molecule has 0 saturated carbocycles. The fourth-order valence-electron chi connectivity index (χ4n) is 2.40. The van der Waals surface area contributed by atoms with Crippen LogP contribution in [0.2, 0.25) is 0 Å². The lowest BCUT2D eigenvalue weighted by molar-refractivity contribution is 0.0740.